The Labute approximate surface area is 146 Å². The van der Waals surface area contributed by atoms with Gasteiger partial charge in [0, 0.05) is 25.8 Å². The van der Waals surface area contributed by atoms with Crippen LogP contribution in [-0.2, 0) is 35.4 Å². The lowest BCUT2D eigenvalue weighted by molar-refractivity contribution is -0.135. The van der Waals surface area contributed by atoms with Crippen molar-refractivity contribution >= 4 is 11.8 Å². The maximum atomic E-state index is 12.5. The Hall–Kier alpha value is -2.63. The minimum absolute atomic E-state index is 0.00895. The van der Waals surface area contributed by atoms with Gasteiger partial charge in [0.1, 0.15) is 17.5 Å². The van der Waals surface area contributed by atoms with Crippen LogP contribution in [0.2, 0.25) is 0 Å². The van der Waals surface area contributed by atoms with E-state index in [2.05, 4.69) is 22.4 Å². The number of carbonyl (C=O) groups is 2. The van der Waals surface area contributed by atoms with Crippen molar-refractivity contribution in [3.05, 3.63) is 53.2 Å². The molecule has 2 aliphatic rings. The molecule has 0 spiro atoms. The molecule has 2 aliphatic heterocycles. The van der Waals surface area contributed by atoms with Gasteiger partial charge >= 0.3 is 0 Å². The Morgan fingerprint density at radius 2 is 2.08 bits per heavy atom. The van der Waals surface area contributed by atoms with Gasteiger partial charge in [0.2, 0.25) is 11.8 Å². The second-order valence-corrected chi connectivity index (χ2v) is 6.63. The van der Waals surface area contributed by atoms with Crippen LogP contribution in [0, 0.1) is 0 Å². The number of rotatable bonds is 4. The van der Waals surface area contributed by atoms with Crippen LogP contribution < -0.4 is 5.32 Å². The van der Waals surface area contributed by atoms with Gasteiger partial charge < -0.3 is 14.6 Å². The number of nitrogens with zero attached hydrogens (tertiary/aromatic N) is 2. The van der Waals surface area contributed by atoms with E-state index in [-0.39, 0.29) is 17.9 Å². The fraction of sp³-hybridized carbons (Fsp3) is 0.421. The molecule has 1 fully saturated rings. The number of hydrogen-bond acceptors (Lipinski definition) is 4. The van der Waals surface area contributed by atoms with Crippen LogP contribution in [0.4, 0.5) is 0 Å². The number of nitrogens with one attached hydrogen (secondary N) is 1. The average molecular weight is 339 g/mol. The molecule has 0 bridgehead atoms. The number of fused-ring (bicyclic) bond motifs is 1. The Morgan fingerprint density at radius 1 is 1.24 bits per heavy atom. The van der Waals surface area contributed by atoms with Crippen molar-refractivity contribution in [1.82, 2.24) is 15.2 Å². The molecule has 6 nitrogen and oxygen atoms in total. The molecule has 6 heteroatoms. The number of oxazole rings is 1. The molecular weight excluding hydrogens is 318 g/mol. The highest BCUT2D eigenvalue weighted by Gasteiger charge is 2.33. The van der Waals surface area contributed by atoms with E-state index in [0.29, 0.717) is 32.4 Å². The van der Waals surface area contributed by atoms with Crippen molar-refractivity contribution in [3.8, 4) is 0 Å². The molecule has 0 saturated carbocycles. The Kier molecular flexibility index (Phi) is 4.26. The summed E-state index contributed by atoms with van der Waals surface area (Å²) in [6.45, 7) is 1.08. The van der Waals surface area contributed by atoms with E-state index in [0.717, 1.165) is 30.2 Å². The number of aryl methyl sites for hydroxylation is 2. The van der Waals surface area contributed by atoms with E-state index >= 15 is 0 Å². The number of aromatic nitrogens is 1. The molecule has 25 heavy (non-hydrogen) atoms. The van der Waals surface area contributed by atoms with Crippen LogP contribution >= 0.6 is 0 Å². The molecule has 2 aromatic rings. The van der Waals surface area contributed by atoms with Crippen LogP contribution in [0.15, 0.2) is 34.7 Å². The van der Waals surface area contributed by atoms with E-state index in [1.54, 1.807) is 4.90 Å². The van der Waals surface area contributed by atoms with Crippen LogP contribution in [0.5, 0.6) is 0 Å². The standard InChI is InChI=1S/C19H21N3O3/c23-17-8-7-14(20-17)19(24)22-11-10-16-15(12-22)21-18(25-16)9-6-13-4-2-1-3-5-13/h1-5,14H,6-12H2,(H,20,23). The maximum Gasteiger partial charge on any atom is 0.245 e. The van der Waals surface area contributed by atoms with Gasteiger partial charge in [0.15, 0.2) is 5.89 Å². The van der Waals surface area contributed by atoms with Gasteiger partial charge in [-0.15, -0.1) is 0 Å². The van der Waals surface area contributed by atoms with Gasteiger partial charge in [-0.05, 0) is 18.4 Å². The molecule has 1 aromatic heterocycles. The highest BCUT2D eigenvalue weighted by atomic mass is 16.4. The van der Waals surface area contributed by atoms with E-state index in [1.165, 1.54) is 5.56 Å². The predicted octanol–water partition coefficient (Wildman–Crippen LogP) is 1.62. The van der Waals surface area contributed by atoms with Crippen LogP contribution in [0.25, 0.3) is 0 Å². The van der Waals surface area contributed by atoms with Crippen molar-refractivity contribution in [1.29, 1.82) is 0 Å². The van der Waals surface area contributed by atoms with Gasteiger partial charge in [0.25, 0.3) is 0 Å². The summed E-state index contributed by atoms with van der Waals surface area (Å²) in [4.78, 5) is 30.2. The van der Waals surface area contributed by atoms with Gasteiger partial charge in [0.05, 0.1) is 6.54 Å². The molecule has 1 atom stereocenters. The molecule has 0 radical (unpaired) electrons. The van der Waals surface area contributed by atoms with Crippen LogP contribution in [-0.4, -0.2) is 34.3 Å². The van der Waals surface area contributed by atoms with Gasteiger partial charge in [-0.1, -0.05) is 30.3 Å². The molecular formula is C19H21N3O3. The lowest BCUT2D eigenvalue weighted by atomic mass is 10.1. The minimum atomic E-state index is -0.376. The summed E-state index contributed by atoms with van der Waals surface area (Å²) in [6, 6.07) is 9.88. The zero-order valence-electron chi connectivity index (χ0n) is 14.0. The highest BCUT2D eigenvalue weighted by Crippen LogP contribution is 2.22. The molecule has 2 amide bonds. The fourth-order valence-electron chi connectivity index (χ4n) is 3.46. The third-order valence-electron chi connectivity index (χ3n) is 4.85. The van der Waals surface area contributed by atoms with Crippen LogP contribution in [0.1, 0.15) is 35.7 Å². The highest BCUT2D eigenvalue weighted by molar-refractivity contribution is 5.90. The Balaban J connectivity index is 1.39. The first-order valence-electron chi connectivity index (χ1n) is 8.78. The molecule has 0 aliphatic carbocycles. The number of benzene rings is 1. The number of hydrogen-bond donors (Lipinski definition) is 1. The monoisotopic (exact) mass is 339 g/mol. The minimum Gasteiger partial charge on any atom is -0.445 e. The summed E-state index contributed by atoms with van der Waals surface area (Å²) in [5, 5.41) is 2.74. The first-order valence-corrected chi connectivity index (χ1v) is 8.78. The largest absolute Gasteiger partial charge is 0.445 e. The van der Waals surface area contributed by atoms with E-state index in [4.69, 9.17) is 4.42 Å². The van der Waals surface area contributed by atoms with Gasteiger partial charge in [-0.25, -0.2) is 4.98 Å². The fourth-order valence-corrected chi connectivity index (χ4v) is 3.46. The normalized spacial score (nSPS) is 19.6. The molecule has 1 aromatic carbocycles. The van der Waals surface area contributed by atoms with Gasteiger partial charge in [-0.2, -0.15) is 0 Å². The molecule has 1 saturated heterocycles. The third-order valence-corrected chi connectivity index (χ3v) is 4.85. The van der Waals surface area contributed by atoms with Crippen molar-refractivity contribution in [2.24, 2.45) is 0 Å². The summed E-state index contributed by atoms with van der Waals surface area (Å²) < 4.78 is 5.88. The number of amides is 2. The average Bonchev–Trinajstić information content (AvgIpc) is 3.25. The van der Waals surface area contributed by atoms with Crippen molar-refractivity contribution in [2.75, 3.05) is 6.54 Å². The van der Waals surface area contributed by atoms with Crippen molar-refractivity contribution in [2.45, 2.75) is 44.7 Å². The molecule has 1 N–H and O–H groups in total. The second kappa shape index (κ2) is 6.70. The van der Waals surface area contributed by atoms with Gasteiger partial charge in [-0.3, -0.25) is 9.59 Å². The maximum absolute atomic E-state index is 12.5. The number of carbonyl (C=O) groups excluding carboxylic acids is 2. The quantitative estimate of drug-likeness (QED) is 0.918. The first kappa shape index (κ1) is 15.9. The molecule has 130 valence electrons. The van der Waals surface area contributed by atoms with E-state index in [9.17, 15) is 9.59 Å². The van der Waals surface area contributed by atoms with E-state index < -0.39 is 0 Å². The molecule has 4 rings (SSSR count). The van der Waals surface area contributed by atoms with E-state index in [1.807, 2.05) is 18.2 Å². The summed E-state index contributed by atoms with van der Waals surface area (Å²) >= 11 is 0. The summed E-state index contributed by atoms with van der Waals surface area (Å²) in [5.41, 5.74) is 2.11. The van der Waals surface area contributed by atoms with Crippen molar-refractivity contribution in [3.63, 3.8) is 0 Å². The van der Waals surface area contributed by atoms with Crippen molar-refractivity contribution < 1.29 is 14.0 Å². The summed E-state index contributed by atoms with van der Waals surface area (Å²) in [6.07, 6.45) is 3.34. The molecule has 3 heterocycles. The Bertz CT molecular complexity index is 784. The predicted molar refractivity (Wildman–Crippen MR) is 90.6 cm³/mol. The smallest absolute Gasteiger partial charge is 0.245 e. The SMILES string of the molecule is O=C1CCC(C(=O)N2CCc3oc(CCc4ccccc4)nc3C2)N1. The zero-order chi connectivity index (χ0) is 17.2. The zero-order valence-corrected chi connectivity index (χ0v) is 14.0. The Morgan fingerprint density at radius 3 is 2.84 bits per heavy atom. The lowest BCUT2D eigenvalue weighted by Crippen LogP contribution is -2.46. The topological polar surface area (TPSA) is 75.4 Å². The summed E-state index contributed by atoms with van der Waals surface area (Å²) in [5.74, 6) is 1.57. The first-order chi connectivity index (χ1) is 12.2. The molecule has 1 unspecified atom stereocenters. The lowest BCUT2D eigenvalue weighted by Gasteiger charge is -2.27. The second-order valence-electron chi connectivity index (χ2n) is 6.63. The third kappa shape index (κ3) is 3.43. The van der Waals surface area contributed by atoms with Crippen LogP contribution in [0.3, 0.4) is 0 Å². The summed E-state index contributed by atoms with van der Waals surface area (Å²) in [7, 11) is 0.